The zero-order chi connectivity index (χ0) is 13.3. The van der Waals surface area contributed by atoms with Gasteiger partial charge in [0.25, 0.3) is 5.91 Å². The molecule has 1 amide bonds. The second kappa shape index (κ2) is 4.52. The molecule has 5 heteroatoms. The molecule has 94 valence electrons. The Morgan fingerprint density at radius 3 is 2.44 bits per heavy atom. The van der Waals surface area contributed by atoms with E-state index in [-0.39, 0.29) is 11.3 Å². The largest absolute Gasteiger partial charge is 0.398 e. The number of nitrogen functional groups attached to an aromatic ring is 1. The summed E-state index contributed by atoms with van der Waals surface area (Å²) in [6.07, 6.45) is 0. The lowest BCUT2D eigenvalue weighted by atomic mass is 10.1. The van der Waals surface area contributed by atoms with Crippen molar-refractivity contribution < 1.29 is 9.18 Å². The maximum Gasteiger partial charge on any atom is 0.272 e. The van der Waals surface area contributed by atoms with Gasteiger partial charge in [0.15, 0.2) is 0 Å². The summed E-state index contributed by atoms with van der Waals surface area (Å²) in [5.41, 5.74) is 10.5. The number of nitrogens with one attached hydrogen (secondary N) is 1. The summed E-state index contributed by atoms with van der Waals surface area (Å²) in [6, 6.07) is 7.48. The smallest absolute Gasteiger partial charge is 0.272 e. The van der Waals surface area contributed by atoms with Gasteiger partial charge < -0.3 is 5.73 Å². The number of carbonyl (C=O) groups is 1. The lowest BCUT2D eigenvalue weighted by Crippen LogP contribution is -2.25. The third kappa shape index (κ3) is 2.20. The van der Waals surface area contributed by atoms with Gasteiger partial charge in [-0.3, -0.25) is 14.9 Å². The first-order valence-electron chi connectivity index (χ1n) is 5.50. The third-order valence-electron chi connectivity index (χ3n) is 2.74. The molecule has 18 heavy (non-hydrogen) atoms. The second-order valence-corrected chi connectivity index (χ2v) is 4.12. The zero-order valence-corrected chi connectivity index (χ0v) is 10.2. The first-order valence-corrected chi connectivity index (χ1v) is 5.50. The molecule has 3 N–H and O–H groups in total. The third-order valence-corrected chi connectivity index (χ3v) is 2.74. The number of aryl methyl sites for hydroxylation is 2. The molecular formula is C13H14FN3O. The summed E-state index contributed by atoms with van der Waals surface area (Å²) in [6.45, 7) is 3.73. The Hall–Kier alpha value is -2.30. The fourth-order valence-electron chi connectivity index (χ4n) is 1.73. The standard InChI is InChI=1S/C13H14FN3O/c1-8-3-4-9(2)17(8)16-13(18)11-7-10(14)5-6-12(11)15/h3-7H,15H2,1-2H3,(H,16,18). The minimum Gasteiger partial charge on any atom is -0.398 e. The van der Waals surface area contributed by atoms with E-state index in [1.165, 1.54) is 12.1 Å². The average molecular weight is 247 g/mol. The highest BCUT2D eigenvalue weighted by atomic mass is 19.1. The first-order chi connectivity index (χ1) is 8.49. The van der Waals surface area contributed by atoms with Crippen molar-refractivity contribution >= 4 is 11.6 Å². The van der Waals surface area contributed by atoms with Gasteiger partial charge in [0.05, 0.1) is 5.56 Å². The number of aromatic nitrogens is 1. The van der Waals surface area contributed by atoms with Crippen LogP contribution >= 0.6 is 0 Å². The molecule has 0 aliphatic carbocycles. The minimum atomic E-state index is -0.490. The van der Waals surface area contributed by atoms with Crippen molar-refractivity contribution in [3.8, 4) is 0 Å². The molecule has 0 fully saturated rings. The van der Waals surface area contributed by atoms with Gasteiger partial charge in [0.2, 0.25) is 0 Å². The van der Waals surface area contributed by atoms with E-state index in [1.807, 2.05) is 26.0 Å². The summed E-state index contributed by atoms with van der Waals surface area (Å²) >= 11 is 0. The molecule has 1 heterocycles. The maximum absolute atomic E-state index is 13.1. The van der Waals surface area contributed by atoms with Crippen molar-refractivity contribution in [1.29, 1.82) is 0 Å². The van der Waals surface area contributed by atoms with Gasteiger partial charge in [0, 0.05) is 17.1 Å². The van der Waals surface area contributed by atoms with Crippen LogP contribution in [0.1, 0.15) is 21.7 Å². The highest BCUT2D eigenvalue weighted by Gasteiger charge is 2.12. The van der Waals surface area contributed by atoms with E-state index in [0.717, 1.165) is 17.5 Å². The second-order valence-electron chi connectivity index (χ2n) is 4.12. The summed E-state index contributed by atoms with van der Waals surface area (Å²) in [7, 11) is 0. The highest BCUT2D eigenvalue weighted by Crippen LogP contribution is 2.14. The lowest BCUT2D eigenvalue weighted by molar-refractivity contribution is 0.101. The van der Waals surface area contributed by atoms with Gasteiger partial charge in [-0.1, -0.05) is 0 Å². The van der Waals surface area contributed by atoms with Crippen LogP contribution in [0.2, 0.25) is 0 Å². The van der Waals surface area contributed by atoms with Crippen LogP contribution < -0.4 is 11.2 Å². The SMILES string of the molecule is Cc1ccc(C)n1NC(=O)c1cc(F)ccc1N. The van der Waals surface area contributed by atoms with Crippen molar-refractivity contribution in [1.82, 2.24) is 4.68 Å². The van der Waals surface area contributed by atoms with Gasteiger partial charge in [-0.25, -0.2) is 4.39 Å². The fourth-order valence-corrected chi connectivity index (χ4v) is 1.73. The van der Waals surface area contributed by atoms with E-state index >= 15 is 0 Å². The Morgan fingerprint density at radius 1 is 1.22 bits per heavy atom. The topological polar surface area (TPSA) is 60.0 Å². The highest BCUT2D eigenvalue weighted by molar-refractivity contribution is 6.04. The van der Waals surface area contributed by atoms with Crippen molar-refractivity contribution in [2.24, 2.45) is 0 Å². The summed E-state index contributed by atoms with van der Waals surface area (Å²) < 4.78 is 14.7. The number of rotatable bonds is 2. The Kier molecular flexibility index (Phi) is 3.06. The molecular weight excluding hydrogens is 233 g/mol. The molecule has 2 aromatic rings. The van der Waals surface area contributed by atoms with Gasteiger partial charge >= 0.3 is 0 Å². The lowest BCUT2D eigenvalue weighted by Gasteiger charge is -2.12. The number of carbonyl (C=O) groups excluding carboxylic acids is 1. The van der Waals surface area contributed by atoms with Crippen LogP contribution in [-0.2, 0) is 0 Å². The van der Waals surface area contributed by atoms with E-state index in [1.54, 1.807) is 4.68 Å². The first kappa shape index (κ1) is 12.2. The van der Waals surface area contributed by atoms with Gasteiger partial charge in [-0.2, -0.15) is 0 Å². The number of nitrogens with zero attached hydrogens (tertiary/aromatic N) is 1. The quantitative estimate of drug-likeness (QED) is 0.799. The normalized spacial score (nSPS) is 10.4. The number of benzene rings is 1. The summed E-state index contributed by atoms with van der Waals surface area (Å²) in [5.74, 6) is -0.926. The van der Waals surface area contributed by atoms with Gasteiger partial charge in [-0.05, 0) is 44.2 Å². The van der Waals surface area contributed by atoms with Crippen molar-refractivity contribution in [2.75, 3.05) is 11.2 Å². The minimum absolute atomic E-state index is 0.127. The monoisotopic (exact) mass is 247 g/mol. The summed E-state index contributed by atoms with van der Waals surface area (Å²) in [4.78, 5) is 12.0. The Balaban J connectivity index is 2.30. The zero-order valence-electron chi connectivity index (χ0n) is 10.2. The van der Waals surface area contributed by atoms with E-state index in [2.05, 4.69) is 5.43 Å². The predicted octanol–water partition coefficient (Wildman–Crippen LogP) is 2.21. The van der Waals surface area contributed by atoms with Crippen LogP contribution in [-0.4, -0.2) is 10.6 Å². The van der Waals surface area contributed by atoms with Gasteiger partial charge in [-0.15, -0.1) is 0 Å². The number of hydrogen-bond donors (Lipinski definition) is 2. The van der Waals surface area contributed by atoms with E-state index in [0.29, 0.717) is 0 Å². The summed E-state index contributed by atoms with van der Waals surface area (Å²) in [5, 5.41) is 0. The number of nitrogens with two attached hydrogens (primary N) is 1. The molecule has 0 bridgehead atoms. The molecule has 1 aromatic carbocycles. The van der Waals surface area contributed by atoms with Gasteiger partial charge in [0.1, 0.15) is 5.82 Å². The fraction of sp³-hybridized carbons (Fsp3) is 0.154. The number of amides is 1. The van der Waals surface area contributed by atoms with E-state index in [4.69, 9.17) is 5.73 Å². The molecule has 4 nitrogen and oxygen atoms in total. The average Bonchev–Trinajstić information content (AvgIpc) is 2.64. The molecule has 2 rings (SSSR count). The molecule has 0 unspecified atom stereocenters. The van der Waals surface area contributed by atoms with Crippen LogP contribution in [0.3, 0.4) is 0 Å². The molecule has 0 saturated heterocycles. The maximum atomic E-state index is 13.1. The van der Waals surface area contributed by atoms with Crippen LogP contribution in [0.15, 0.2) is 30.3 Å². The molecule has 0 spiro atoms. The molecule has 0 radical (unpaired) electrons. The Morgan fingerprint density at radius 2 is 1.83 bits per heavy atom. The number of halogens is 1. The van der Waals surface area contributed by atoms with Crippen LogP contribution in [0, 0.1) is 19.7 Å². The van der Waals surface area contributed by atoms with Crippen LogP contribution in [0.5, 0.6) is 0 Å². The predicted molar refractivity (Wildman–Crippen MR) is 68.4 cm³/mol. The van der Waals surface area contributed by atoms with Crippen LogP contribution in [0.25, 0.3) is 0 Å². The molecule has 0 saturated carbocycles. The van der Waals surface area contributed by atoms with Crippen molar-refractivity contribution in [3.05, 3.63) is 53.1 Å². The van der Waals surface area contributed by atoms with Crippen molar-refractivity contribution in [3.63, 3.8) is 0 Å². The molecule has 1 aromatic heterocycles. The number of anilines is 1. The van der Waals surface area contributed by atoms with Crippen LogP contribution in [0.4, 0.5) is 10.1 Å². The Labute approximate surface area is 104 Å². The van der Waals surface area contributed by atoms with E-state index in [9.17, 15) is 9.18 Å². The molecule has 0 aliphatic heterocycles. The molecule has 0 atom stereocenters. The Bertz CT molecular complexity index is 585. The van der Waals surface area contributed by atoms with E-state index < -0.39 is 11.7 Å². The van der Waals surface area contributed by atoms with Crippen molar-refractivity contribution in [2.45, 2.75) is 13.8 Å². The molecule has 0 aliphatic rings. The number of hydrogen-bond acceptors (Lipinski definition) is 2.